The summed E-state index contributed by atoms with van der Waals surface area (Å²) in [6, 6.07) is 22.1. The summed E-state index contributed by atoms with van der Waals surface area (Å²) in [6.07, 6.45) is 2.83. The van der Waals surface area contributed by atoms with Crippen LogP contribution in [0.3, 0.4) is 0 Å². The minimum atomic E-state index is -0.595. The number of fused-ring (bicyclic) bond motifs is 1. The number of hydrogen-bond acceptors (Lipinski definition) is 5. The van der Waals surface area contributed by atoms with Crippen molar-refractivity contribution in [3.8, 4) is 17.7 Å². The first-order chi connectivity index (χ1) is 16.5. The average molecular weight is 450 g/mol. The molecule has 0 radical (unpaired) electrons. The summed E-state index contributed by atoms with van der Waals surface area (Å²) < 4.78 is 7.41. The van der Waals surface area contributed by atoms with Gasteiger partial charge in [0.25, 0.3) is 11.5 Å². The molecule has 0 aliphatic rings. The van der Waals surface area contributed by atoms with Crippen LogP contribution in [0.5, 0.6) is 11.6 Å². The van der Waals surface area contributed by atoms with Crippen molar-refractivity contribution in [1.82, 2.24) is 14.7 Å². The lowest BCUT2D eigenvalue weighted by Crippen LogP contribution is -2.25. The number of nitrogens with zero attached hydrogens (tertiary/aromatic N) is 3. The highest BCUT2D eigenvalue weighted by molar-refractivity contribution is 6.01. The van der Waals surface area contributed by atoms with Gasteiger partial charge in [-0.15, -0.1) is 0 Å². The Morgan fingerprint density at radius 2 is 1.76 bits per heavy atom. The number of carbonyl (C=O) groups excluding carboxylic acids is 1. The smallest absolute Gasteiger partial charge is 0.269 e. The van der Waals surface area contributed by atoms with Crippen molar-refractivity contribution >= 4 is 17.6 Å². The summed E-state index contributed by atoms with van der Waals surface area (Å²) in [5.74, 6) is -0.0480. The van der Waals surface area contributed by atoms with Crippen LogP contribution in [-0.2, 0) is 11.3 Å². The van der Waals surface area contributed by atoms with Crippen LogP contribution in [0.1, 0.15) is 22.3 Å². The number of amides is 1. The summed E-state index contributed by atoms with van der Waals surface area (Å²) in [5, 5.41) is 12.4. The van der Waals surface area contributed by atoms with Gasteiger partial charge < -0.3 is 10.1 Å². The molecule has 0 saturated heterocycles. The lowest BCUT2D eigenvalue weighted by Gasteiger charge is -2.13. The zero-order valence-electron chi connectivity index (χ0n) is 18.8. The molecule has 1 N–H and O–H groups in total. The van der Waals surface area contributed by atoms with Crippen molar-refractivity contribution in [1.29, 1.82) is 5.26 Å². The topological polar surface area (TPSA) is 96.5 Å². The number of nitrogens with one attached hydrogen (secondary N) is 1. The second-order valence-corrected chi connectivity index (χ2v) is 7.73. The van der Waals surface area contributed by atoms with E-state index in [0.717, 1.165) is 16.7 Å². The predicted octanol–water partition coefficient (Wildman–Crippen LogP) is 4.33. The van der Waals surface area contributed by atoms with Crippen LogP contribution in [0, 0.1) is 25.2 Å². The van der Waals surface area contributed by atoms with Gasteiger partial charge in [-0.25, -0.2) is 0 Å². The molecule has 0 saturated carbocycles. The van der Waals surface area contributed by atoms with E-state index in [1.165, 1.54) is 10.5 Å². The Hall–Kier alpha value is -4.70. The first kappa shape index (κ1) is 22.5. The molecule has 4 aromatic rings. The predicted molar refractivity (Wildman–Crippen MR) is 129 cm³/mol. The quantitative estimate of drug-likeness (QED) is 0.348. The van der Waals surface area contributed by atoms with Gasteiger partial charge in [-0.3, -0.25) is 14.0 Å². The molecule has 0 aliphatic carbocycles. The number of benzene rings is 2. The Balaban J connectivity index is 1.79. The van der Waals surface area contributed by atoms with Gasteiger partial charge in [-0.1, -0.05) is 54.6 Å². The highest BCUT2D eigenvalue weighted by Crippen LogP contribution is 2.27. The highest BCUT2D eigenvalue weighted by atomic mass is 16.5. The van der Waals surface area contributed by atoms with Crippen molar-refractivity contribution in [3.63, 3.8) is 0 Å². The highest BCUT2D eigenvalue weighted by Gasteiger charge is 2.18. The standard InChI is InChI=1S/C27H22N4O3/c1-18-9-6-7-13-23(18)34-26-22(27(33)31-14-8-10-19(2)24(31)30-26)15-21(16-28)25(32)29-17-20-11-4-3-5-12-20/h3-15H,17H2,1-2H3,(H,29,32). The fourth-order valence-corrected chi connectivity index (χ4v) is 3.43. The molecular formula is C27H22N4O3. The fourth-order valence-electron chi connectivity index (χ4n) is 3.43. The molecule has 0 atom stereocenters. The van der Waals surface area contributed by atoms with E-state index in [-0.39, 0.29) is 23.6 Å². The van der Waals surface area contributed by atoms with Gasteiger partial charge in [0.05, 0.1) is 0 Å². The Morgan fingerprint density at radius 3 is 2.50 bits per heavy atom. The number of pyridine rings is 1. The molecule has 7 heteroatoms. The Bertz CT molecular complexity index is 1500. The molecule has 0 unspecified atom stereocenters. The van der Waals surface area contributed by atoms with Crippen LogP contribution >= 0.6 is 0 Å². The number of ether oxygens (including phenoxy) is 1. The Kier molecular flexibility index (Phi) is 6.51. The second-order valence-electron chi connectivity index (χ2n) is 7.73. The summed E-state index contributed by atoms with van der Waals surface area (Å²) in [5.41, 5.74) is 2.30. The van der Waals surface area contributed by atoms with E-state index < -0.39 is 11.5 Å². The molecule has 0 fully saturated rings. The number of nitriles is 1. The van der Waals surface area contributed by atoms with Crippen molar-refractivity contribution in [2.24, 2.45) is 0 Å². The largest absolute Gasteiger partial charge is 0.438 e. The number of rotatable bonds is 6. The molecule has 2 aromatic heterocycles. The molecule has 34 heavy (non-hydrogen) atoms. The van der Waals surface area contributed by atoms with Crippen molar-refractivity contribution in [2.75, 3.05) is 0 Å². The minimum Gasteiger partial charge on any atom is -0.438 e. The first-order valence-electron chi connectivity index (χ1n) is 10.7. The van der Waals surface area contributed by atoms with Gasteiger partial charge in [-0.05, 0) is 48.7 Å². The number of aryl methyl sites for hydroxylation is 2. The van der Waals surface area contributed by atoms with Crippen molar-refractivity contribution in [2.45, 2.75) is 20.4 Å². The van der Waals surface area contributed by atoms with Crippen LogP contribution in [0.4, 0.5) is 0 Å². The number of para-hydroxylation sites is 1. The normalized spacial score (nSPS) is 11.1. The molecule has 0 aliphatic heterocycles. The molecule has 7 nitrogen and oxygen atoms in total. The molecule has 4 rings (SSSR count). The summed E-state index contributed by atoms with van der Waals surface area (Å²) >= 11 is 0. The van der Waals surface area contributed by atoms with Gasteiger partial charge in [-0.2, -0.15) is 10.2 Å². The van der Waals surface area contributed by atoms with Crippen molar-refractivity contribution < 1.29 is 9.53 Å². The molecule has 0 bridgehead atoms. The molecule has 1 amide bonds. The van der Waals surface area contributed by atoms with Gasteiger partial charge in [0.15, 0.2) is 0 Å². The lowest BCUT2D eigenvalue weighted by atomic mass is 10.1. The monoisotopic (exact) mass is 450 g/mol. The van der Waals surface area contributed by atoms with Crippen LogP contribution in [0.15, 0.2) is 83.3 Å². The summed E-state index contributed by atoms with van der Waals surface area (Å²) in [4.78, 5) is 30.7. The number of hydrogen-bond donors (Lipinski definition) is 1. The Morgan fingerprint density at radius 1 is 1.06 bits per heavy atom. The van der Waals surface area contributed by atoms with Gasteiger partial charge in [0, 0.05) is 12.7 Å². The first-order valence-corrected chi connectivity index (χ1v) is 10.7. The third-order valence-electron chi connectivity index (χ3n) is 5.30. The fraction of sp³-hybridized carbons (Fsp3) is 0.111. The van der Waals surface area contributed by atoms with E-state index in [1.54, 1.807) is 18.3 Å². The molecule has 2 heterocycles. The van der Waals surface area contributed by atoms with Crippen LogP contribution in [0.25, 0.3) is 11.7 Å². The maximum atomic E-state index is 13.4. The minimum absolute atomic E-state index is 0.0118. The molecule has 2 aromatic carbocycles. The van der Waals surface area contributed by atoms with Gasteiger partial charge >= 0.3 is 0 Å². The third-order valence-corrected chi connectivity index (χ3v) is 5.30. The van der Waals surface area contributed by atoms with E-state index in [9.17, 15) is 14.9 Å². The maximum Gasteiger partial charge on any atom is 0.269 e. The van der Waals surface area contributed by atoms with Crippen molar-refractivity contribution in [3.05, 3.63) is 111 Å². The van der Waals surface area contributed by atoms with Gasteiger partial charge in [0.2, 0.25) is 5.88 Å². The molecule has 0 spiro atoms. The van der Waals surface area contributed by atoms with E-state index in [4.69, 9.17) is 4.74 Å². The van der Waals surface area contributed by atoms with Crippen LogP contribution in [0.2, 0.25) is 0 Å². The lowest BCUT2D eigenvalue weighted by molar-refractivity contribution is -0.117. The molecular weight excluding hydrogens is 428 g/mol. The van der Waals surface area contributed by atoms with E-state index >= 15 is 0 Å². The SMILES string of the molecule is Cc1ccccc1Oc1nc2c(C)cccn2c(=O)c1C=C(C#N)C(=O)NCc1ccccc1. The third kappa shape index (κ3) is 4.71. The number of aromatic nitrogens is 2. The van der Waals surface area contributed by atoms with E-state index in [2.05, 4.69) is 10.3 Å². The van der Waals surface area contributed by atoms with Crippen LogP contribution < -0.4 is 15.6 Å². The van der Waals surface area contributed by atoms with Gasteiger partial charge in [0.1, 0.15) is 28.6 Å². The summed E-state index contributed by atoms with van der Waals surface area (Å²) in [6.45, 7) is 3.97. The maximum absolute atomic E-state index is 13.4. The summed E-state index contributed by atoms with van der Waals surface area (Å²) in [7, 11) is 0. The second kappa shape index (κ2) is 9.84. The molecule has 168 valence electrons. The zero-order chi connectivity index (χ0) is 24.1. The number of carbonyl (C=O) groups is 1. The average Bonchev–Trinajstić information content (AvgIpc) is 2.85. The van der Waals surface area contributed by atoms with E-state index in [1.807, 2.05) is 74.5 Å². The van der Waals surface area contributed by atoms with E-state index in [0.29, 0.717) is 11.4 Å². The van der Waals surface area contributed by atoms with Crippen LogP contribution in [-0.4, -0.2) is 15.3 Å². The Labute approximate surface area is 196 Å². The zero-order valence-corrected chi connectivity index (χ0v) is 18.8.